The van der Waals surface area contributed by atoms with E-state index in [1.54, 1.807) is 11.1 Å². The lowest BCUT2D eigenvalue weighted by Gasteiger charge is -2.22. The van der Waals surface area contributed by atoms with Crippen molar-refractivity contribution in [3.63, 3.8) is 0 Å². The van der Waals surface area contributed by atoms with Gasteiger partial charge in [-0.15, -0.1) is 5.10 Å². The Morgan fingerprint density at radius 3 is 3.12 bits per heavy atom. The third-order valence-corrected chi connectivity index (χ3v) is 3.00. The molecule has 7 nitrogen and oxygen atoms in total. The minimum atomic E-state index is -0.0417. The average Bonchev–Trinajstić information content (AvgIpc) is 2.96. The molecule has 0 aliphatic carbocycles. The van der Waals surface area contributed by atoms with Gasteiger partial charge in [0, 0.05) is 13.1 Å². The highest BCUT2D eigenvalue weighted by Gasteiger charge is 2.28. The Bertz CT molecular complexity index is 392. The van der Waals surface area contributed by atoms with Gasteiger partial charge < -0.3 is 15.7 Å². The summed E-state index contributed by atoms with van der Waals surface area (Å²) in [6, 6.07) is -0.0417. The number of likely N-dealkylation sites (tertiary alicyclic amines) is 1. The second kappa shape index (κ2) is 5.24. The van der Waals surface area contributed by atoms with Crippen LogP contribution >= 0.6 is 0 Å². The first kappa shape index (κ1) is 12.0. The molecule has 1 saturated heterocycles. The van der Waals surface area contributed by atoms with Gasteiger partial charge in [0.25, 0.3) is 0 Å². The van der Waals surface area contributed by atoms with E-state index < -0.39 is 0 Å². The van der Waals surface area contributed by atoms with Crippen LogP contribution in [0.3, 0.4) is 0 Å². The average molecular weight is 239 g/mol. The van der Waals surface area contributed by atoms with Gasteiger partial charge in [-0.2, -0.15) is 0 Å². The quantitative estimate of drug-likeness (QED) is 0.682. The van der Waals surface area contributed by atoms with Crippen LogP contribution in [-0.2, 0) is 17.9 Å². The van der Waals surface area contributed by atoms with Crippen molar-refractivity contribution in [2.75, 3.05) is 13.2 Å². The van der Waals surface area contributed by atoms with Gasteiger partial charge in [-0.1, -0.05) is 5.21 Å². The Kier molecular flexibility index (Phi) is 3.70. The number of nitrogens with two attached hydrogens (primary N) is 1. The van der Waals surface area contributed by atoms with Crippen LogP contribution in [0.25, 0.3) is 0 Å². The number of hydrogen-bond acceptors (Lipinski definition) is 5. The van der Waals surface area contributed by atoms with E-state index in [4.69, 9.17) is 10.8 Å². The molecule has 1 amide bonds. The van der Waals surface area contributed by atoms with Crippen LogP contribution in [0.1, 0.15) is 18.5 Å². The normalized spacial score (nSPS) is 19.9. The summed E-state index contributed by atoms with van der Waals surface area (Å²) in [5.74, 6) is -0.0324. The lowest BCUT2D eigenvalue weighted by Crippen LogP contribution is -2.39. The summed E-state index contributed by atoms with van der Waals surface area (Å²) < 4.78 is 1.48. The molecule has 94 valence electrons. The predicted octanol–water partition coefficient (Wildman–Crippen LogP) is -1.28. The Morgan fingerprint density at radius 2 is 2.47 bits per heavy atom. The molecule has 1 aliphatic rings. The van der Waals surface area contributed by atoms with Crippen LogP contribution in [0.2, 0.25) is 0 Å². The first-order valence-electron chi connectivity index (χ1n) is 5.74. The minimum Gasteiger partial charge on any atom is -0.394 e. The van der Waals surface area contributed by atoms with E-state index in [0.29, 0.717) is 18.8 Å². The summed E-state index contributed by atoms with van der Waals surface area (Å²) in [4.78, 5) is 13.7. The van der Waals surface area contributed by atoms with Crippen molar-refractivity contribution in [3.8, 4) is 0 Å². The second-order valence-corrected chi connectivity index (χ2v) is 4.18. The number of nitrogens with zero attached hydrogens (tertiary/aromatic N) is 4. The van der Waals surface area contributed by atoms with Gasteiger partial charge in [-0.25, -0.2) is 4.68 Å². The fourth-order valence-corrected chi connectivity index (χ4v) is 2.09. The Morgan fingerprint density at radius 1 is 1.65 bits per heavy atom. The van der Waals surface area contributed by atoms with E-state index in [1.165, 1.54) is 4.68 Å². The van der Waals surface area contributed by atoms with E-state index in [0.717, 1.165) is 12.8 Å². The molecule has 2 rings (SSSR count). The maximum atomic E-state index is 12.0. The monoisotopic (exact) mass is 239 g/mol. The molecule has 1 unspecified atom stereocenters. The van der Waals surface area contributed by atoms with Crippen LogP contribution in [0.15, 0.2) is 6.20 Å². The smallest absolute Gasteiger partial charge is 0.244 e. The van der Waals surface area contributed by atoms with Crippen LogP contribution in [-0.4, -0.2) is 50.1 Å². The van der Waals surface area contributed by atoms with Crippen LogP contribution < -0.4 is 5.73 Å². The zero-order valence-corrected chi connectivity index (χ0v) is 9.62. The van der Waals surface area contributed by atoms with E-state index >= 15 is 0 Å². The van der Waals surface area contributed by atoms with E-state index in [9.17, 15) is 4.79 Å². The van der Waals surface area contributed by atoms with Crippen molar-refractivity contribution < 1.29 is 9.90 Å². The Balaban J connectivity index is 1.96. The van der Waals surface area contributed by atoms with Crippen LogP contribution in [0, 0.1) is 0 Å². The molecular formula is C10H17N5O2. The van der Waals surface area contributed by atoms with E-state index in [2.05, 4.69) is 10.3 Å². The highest BCUT2D eigenvalue weighted by molar-refractivity contribution is 5.76. The lowest BCUT2D eigenvalue weighted by molar-refractivity contribution is -0.133. The number of rotatable bonds is 4. The van der Waals surface area contributed by atoms with Crippen molar-refractivity contribution in [3.05, 3.63) is 11.9 Å². The summed E-state index contributed by atoms with van der Waals surface area (Å²) in [5.41, 5.74) is 6.08. The molecule has 1 aromatic heterocycles. The SMILES string of the molecule is NCc1cn(CC(=O)N2CCCC2CO)nn1. The number of carbonyl (C=O) groups excluding carboxylic acids is 1. The lowest BCUT2D eigenvalue weighted by atomic mass is 10.2. The number of aromatic nitrogens is 3. The molecule has 1 fully saturated rings. The highest BCUT2D eigenvalue weighted by atomic mass is 16.3. The molecule has 1 aromatic rings. The summed E-state index contributed by atoms with van der Waals surface area (Å²) in [6.07, 6.45) is 3.48. The Labute approximate surface area is 99.2 Å². The molecule has 2 heterocycles. The van der Waals surface area contributed by atoms with Gasteiger partial charge in [-0.05, 0) is 12.8 Å². The summed E-state index contributed by atoms with van der Waals surface area (Å²) in [5, 5.41) is 16.8. The van der Waals surface area contributed by atoms with Crippen molar-refractivity contribution >= 4 is 5.91 Å². The molecule has 1 aliphatic heterocycles. The fourth-order valence-electron chi connectivity index (χ4n) is 2.09. The Hall–Kier alpha value is -1.47. The molecule has 17 heavy (non-hydrogen) atoms. The van der Waals surface area contributed by atoms with E-state index in [-0.39, 0.29) is 25.1 Å². The number of carbonyl (C=O) groups is 1. The molecule has 0 spiro atoms. The van der Waals surface area contributed by atoms with Crippen molar-refractivity contribution in [1.82, 2.24) is 19.9 Å². The number of amides is 1. The predicted molar refractivity (Wildman–Crippen MR) is 59.7 cm³/mol. The van der Waals surface area contributed by atoms with Gasteiger partial charge in [0.1, 0.15) is 6.54 Å². The van der Waals surface area contributed by atoms with Gasteiger partial charge in [0.2, 0.25) is 5.91 Å². The number of aliphatic hydroxyl groups is 1. The van der Waals surface area contributed by atoms with E-state index in [1.807, 2.05) is 0 Å². The van der Waals surface area contributed by atoms with Crippen LogP contribution in [0.5, 0.6) is 0 Å². The zero-order chi connectivity index (χ0) is 12.3. The molecule has 0 bridgehead atoms. The molecule has 3 N–H and O–H groups in total. The van der Waals surface area contributed by atoms with Crippen molar-refractivity contribution in [2.45, 2.75) is 32.0 Å². The number of aliphatic hydroxyl groups excluding tert-OH is 1. The summed E-state index contributed by atoms with van der Waals surface area (Å²) >= 11 is 0. The molecule has 7 heteroatoms. The summed E-state index contributed by atoms with van der Waals surface area (Å²) in [6.45, 7) is 1.21. The standard InChI is InChI=1S/C10H17N5O2/c11-4-8-5-14(13-12-8)6-10(17)15-3-1-2-9(15)7-16/h5,9,16H,1-4,6-7,11H2. The molecule has 0 saturated carbocycles. The first-order valence-corrected chi connectivity index (χ1v) is 5.74. The van der Waals surface area contributed by atoms with Gasteiger partial charge in [-0.3, -0.25) is 4.79 Å². The van der Waals surface area contributed by atoms with Crippen molar-refractivity contribution in [2.24, 2.45) is 5.73 Å². The molecule has 1 atom stereocenters. The topological polar surface area (TPSA) is 97.3 Å². The fraction of sp³-hybridized carbons (Fsp3) is 0.700. The maximum Gasteiger partial charge on any atom is 0.244 e. The number of hydrogen-bond donors (Lipinski definition) is 2. The zero-order valence-electron chi connectivity index (χ0n) is 9.62. The van der Waals surface area contributed by atoms with Gasteiger partial charge in [0.05, 0.1) is 24.5 Å². The third kappa shape index (κ3) is 2.62. The van der Waals surface area contributed by atoms with Gasteiger partial charge >= 0.3 is 0 Å². The van der Waals surface area contributed by atoms with Crippen molar-refractivity contribution in [1.29, 1.82) is 0 Å². The third-order valence-electron chi connectivity index (χ3n) is 3.00. The second-order valence-electron chi connectivity index (χ2n) is 4.18. The molecular weight excluding hydrogens is 222 g/mol. The molecule has 0 aromatic carbocycles. The molecule has 0 radical (unpaired) electrons. The first-order chi connectivity index (χ1) is 8.24. The minimum absolute atomic E-state index is 0.0249. The van der Waals surface area contributed by atoms with Crippen LogP contribution in [0.4, 0.5) is 0 Å². The maximum absolute atomic E-state index is 12.0. The summed E-state index contributed by atoms with van der Waals surface area (Å²) in [7, 11) is 0. The highest BCUT2D eigenvalue weighted by Crippen LogP contribution is 2.16. The largest absolute Gasteiger partial charge is 0.394 e. The van der Waals surface area contributed by atoms with Gasteiger partial charge in [0.15, 0.2) is 0 Å².